The summed E-state index contributed by atoms with van der Waals surface area (Å²) in [5, 5.41) is 19.3. The van der Waals surface area contributed by atoms with E-state index in [1.165, 1.54) is 19.2 Å². The molecule has 5 atom stereocenters. The molecule has 6 rings (SSSR count). The number of aliphatic hydroxyl groups excluding tert-OH is 1. The standard InChI is InChI=1S/C34H42Cl2FN5O5/c1-19(44)42(14-15-43)17-22-6-5-21(18-47-22)39-30(45)28-26(23-8-13-38-29(36)27(23)37)34(33(41-28)11-9-32(2,3)10-12-33)24-7-4-20(35)16-25(24)40-31(34)46/h4,7-8,13,16,21-22,26,28,41,43H,5-6,9-12,14-15,17-18H2,1-3H3,(H,39,45)(H,40,46)/t21-,22+,26?,28?,34?/m1/s1. The summed E-state index contributed by atoms with van der Waals surface area (Å²) in [5.41, 5.74) is -0.837. The van der Waals surface area contributed by atoms with Gasteiger partial charge < -0.3 is 25.4 Å². The molecule has 1 aliphatic carbocycles. The molecule has 1 aromatic carbocycles. The molecule has 2 aromatic rings. The maximum Gasteiger partial charge on any atom is 0.238 e. The van der Waals surface area contributed by atoms with Gasteiger partial charge in [0.2, 0.25) is 17.7 Å². The number of benzene rings is 1. The van der Waals surface area contributed by atoms with E-state index in [0.29, 0.717) is 48.5 Å². The first-order valence-corrected chi connectivity index (χ1v) is 17.0. The highest BCUT2D eigenvalue weighted by atomic mass is 35.5. The van der Waals surface area contributed by atoms with Gasteiger partial charge >= 0.3 is 0 Å². The number of aromatic nitrogens is 1. The molecule has 1 saturated carbocycles. The van der Waals surface area contributed by atoms with E-state index in [1.807, 2.05) is 6.07 Å². The van der Waals surface area contributed by atoms with E-state index in [-0.39, 0.29) is 65.8 Å². The average Bonchev–Trinajstić information content (AvgIpc) is 3.48. The van der Waals surface area contributed by atoms with Crippen molar-refractivity contribution in [3.05, 3.63) is 57.6 Å². The van der Waals surface area contributed by atoms with Crippen LogP contribution < -0.4 is 16.0 Å². The van der Waals surface area contributed by atoms with Crippen LogP contribution in [0, 0.1) is 11.2 Å². The van der Waals surface area contributed by atoms with Crippen molar-refractivity contribution >= 4 is 46.6 Å². The van der Waals surface area contributed by atoms with Crippen molar-refractivity contribution < 1.29 is 28.6 Å². The molecule has 4 heterocycles. The summed E-state index contributed by atoms with van der Waals surface area (Å²) >= 11 is 12.6. The molecule has 3 fully saturated rings. The molecule has 4 N–H and O–H groups in total. The number of halogens is 3. The van der Waals surface area contributed by atoms with Crippen molar-refractivity contribution in [1.29, 1.82) is 0 Å². The predicted molar refractivity (Wildman–Crippen MR) is 176 cm³/mol. The second-order valence-electron chi connectivity index (χ2n) is 14.2. The Morgan fingerprint density at radius 3 is 2.57 bits per heavy atom. The lowest BCUT2D eigenvalue weighted by atomic mass is 9.53. The fraction of sp³-hybridized carbons (Fsp3) is 0.588. The zero-order valence-corrected chi connectivity index (χ0v) is 28.4. The third-order valence-corrected chi connectivity index (χ3v) is 11.4. The monoisotopic (exact) mass is 689 g/mol. The minimum atomic E-state index is -1.35. The Hall–Kier alpha value is -2.83. The van der Waals surface area contributed by atoms with E-state index in [1.54, 1.807) is 17.0 Å². The van der Waals surface area contributed by atoms with Crippen LogP contribution in [0.4, 0.5) is 10.1 Å². The zero-order chi connectivity index (χ0) is 33.7. The van der Waals surface area contributed by atoms with Crippen LogP contribution in [0.5, 0.6) is 0 Å². The number of carbonyl (C=O) groups excluding carboxylic acids is 3. The van der Waals surface area contributed by atoms with Crippen molar-refractivity contribution in [2.24, 2.45) is 5.41 Å². The number of hydrogen-bond acceptors (Lipinski definition) is 7. The summed E-state index contributed by atoms with van der Waals surface area (Å²) in [4.78, 5) is 46.5. The fourth-order valence-corrected chi connectivity index (χ4v) is 8.76. The van der Waals surface area contributed by atoms with E-state index < -0.39 is 28.7 Å². The third-order valence-electron chi connectivity index (χ3n) is 10.9. The third kappa shape index (κ3) is 5.92. The average molecular weight is 691 g/mol. The van der Waals surface area contributed by atoms with Crippen molar-refractivity contribution in [2.75, 3.05) is 31.6 Å². The van der Waals surface area contributed by atoms with Crippen molar-refractivity contribution in [1.82, 2.24) is 20.5 Å². The first-order valence-electron chi connectivity index (χ1n) is 16.3. The topological polar surface area (TPSA) is 133 Å². The van der Waals surface area contributed by atoms with Gasteiger partial charge in [-0.15, -0.1) is 0 Å². The number of pyridine rings is 1. The lowest BCUT2D eigenvalue weighted by Crippen LogP contribution is -2.61. The van der Waals surface area contributed by atoms with E-state index in [4.69, 9.17) is 27.9 Å². The van der Waals surface area contributed by atoms with Gasteiger partial charge in [0.25, 0.3) is 0 Å². The van der Waals surface area contributed by atoms with Crippen LogP contribution in [0.2, 0.25) is 10.2 Å². The second-order valence-corrected chi connectivity index (χ2v) is 15.0. The minimum absolute atomic E-state index is 0.0260. The summed E-state index contributed by atoms with van der Waals surface area (Å²) in [6.07, 6.45) is 5.14. The molecule has 4 aliphatic rings. The maximum absolute atomic E-state index is 16.1. The molecule has 13 heteroatoms. The smallest absolute Gasteiger partial charge is 0.238 e. The highest BCUT2D eigenvalue weighted by molar-refractivity contribution is 6.31. The molecule has 0 radical (unpaired) electrons. The summed E-state index contributed by atoms with van der Waals surface area (Å²) in [7, 11) is 0. The van der Waals surface area contributed by atoms with Gasteiger partial charge in [-0.2, -0.15) is 0 Å². The summed E-state index contributed by atoms with van der Waals surface area (Å²) in [5.74, 6) is -2.55. The maximum atomic E-state index is 16.1. The molecule has 1 aromatic heterocycles. The van der Waals surface area contributed by atoms with Gasteiger partial charge in [0, 0.05) is 48.4 Å². The van der Waals surface area contributed by atoms with Crippen LogP contribution in [-0.2, 0) is 24.5 Å². The molecular formula is C34H42Cl2FN5O5. The normalized spacial score (nSPS) is 29.0. The Kier molecular flexibility index (Phi) is 9.34. The molecule has 3 aliphatic heterocycles. The number of ether oxygens (including phenoxy) is 1. The van der Waals surface area contributed by atoms with Gasteiger partial charge in [0.1, 0.15) is 5.41 Å². The second kappa shape index (κ2) is 12.9. The first-order chi connectivity index (χ1) is 22.3. The molecule has 3 unspecified atom stereocenters. The molecule has 47 heavy (non-hydrogen) atoms. The SMILES string of the molecule is CC(=O)N(CCO)C[C@@H]1CC[C@@H](NC(=O)C2NC3(CCC(C)(C)CC3)C3(C(=O)Nc4cc(Cl)ccc43)C2c2ccnc(Cl)c2F)CO1. The van der Waals surface area contributed by atoms with Gasteiger partial charge in [-0.05, 0) is 73.3 Å². The van der Waals surface area contributed by atoms with Gasteiger partial charge in [-0.3, -0.25) is 19.7 Å². The molecule has 3 amide bonds. The van der Waals surface area contributed by atoms with Crippen LogP contribution in [0.15, 0.2) is 30.5 Å². The Bertz CT molecular complexity index is 1560. The van der Waals surface area contributed by atoms with Gasteiger partial charge in [0.15, 0.2) is 11.0 Å². The molecular weight excluding hydrogens is 648 g/mol. The molecule has 2 saturated heterocycles. The number of rotatable bonds is 7. The quantitative estimate of drug-likeness (QED) is 0.319. The number of aliphatic hydroxyl groups is 1. The van der Waals surface area contributed by atoms with Crippen LogP contribution >= 0.6 is 23.2 Å². The van der Waals surface area contributed by atoms with Crippen molar-refractivity contribution in [3.8, 4) is 0 Å². The Labute approximate surface area is 284 Å². The lowest BCUT2D eigenvalue weighted by molar-refractivity contribution is -0.132. The number of carbonyl (C=O) groups is 3. The zero-order valence-electron chi connectivity index (χ0n) is 26.9. The number of amides is 3. The largest absolute Gasteiger partial charge is 0.395 e. The van der Waals surface area contributed by atoms with E-state index in [2.05, 4.69) is 34.8 Å². The lowest BCUT2D eigenvalue weighted by Gasteiger charge is -2.50. The Morgan fingerprint density at radius 1 is 1.17 bits per heavy atom. The van der Waals surface area contributed by atoms with Gasteiger partial charge in [-0.25, -0.2) is 9.37 Å². The van der Waals surface area contributed by atoms with Crippen LogP contribution in [0.1, 0.15) is 76.3 Å². The molecule has 0 bridgehead atoms. The summed E-state index contributed by atoms with van der Waals surface area (Å²) in [6, 6.07) is 5.44. The highest BCUT2D eigenvalue weighted by Gasteiger charge is 2.73. The molecule has 254 valence electrons. The fourth-order valence-electron chi connectivity index (χ4n) is 8.43. The van der Waals surface area contributed by atoms with Gasteiger partial charge in [-0.1, -0.05) is 43.1 Å². The van der Waals surface area contributed by atoms with Gasteiger partial charge in [0.05, 0.1) is 31.4 Å². The van der Waals surface area contributed by atoms with E-state index >= 15 is 4.39 Å². The number of fused-ring (bicyclic) bond motifs is 3. The Morgan fingerprint density at radius 2 is 1.91 bits per heavy atom. The molecule has 2 spiro atoms. The van der Waals surface area contributed by atoms with Crippen LogP contribution in [0.25, 0.3) is 0 Å². The number of nitrogens with one attached hydrogen (secondary N) is 3. The number of anilines is 1. The summed E-state index contributed by atoms with van der Waals surface area (Å²) < 4.78 is 22.2. The van der Waals surface area contributed by atoms with Crippen molar-refractivity contribution in [2.45, 2.75) is 94.4 Å². The molecule has 10 nitrogen and oxygen atoms in total. The Balaban J connectivity index is 1.36. The van der Waals surface area contributed by atoms with E-state index in [9.17, 15) is 19.5 Å². The number of hydrogen-bond donors (Lipinski definition) is 4. The summed E-state index contributed by atoms with van der Waals surface area (Å²) in [6.45, 7) is 6.51. The minimum Gasteiger partial charge on any atom is -0.395 e. The van der Waals surface area contributed by atoms with Crippen LogP contribution in [0.3, 0.4) is 0 Å². The number of nitrogens with zero attached hydrogens (tertiary/aromatic N) is 2. The van der Waals surface area contributed by atoms with E-state index in [0.717, 1.165) is 12.8 Å². The van der Waals surface area contributed by atoms with Crippen LogP contribution in [-0.4, -0.2) is 82.7 Å². The van der Waals surface area contributed by atoms with Crippen molar-refractivity contribution in [3.63, 3.8) is 0 Å². The highest BCUT2D eigenvalue weighted by Crippen LogP contribution is 2.64. The first kappa shape index (κ1) is 34.0. The predicted octanol–water partition coefficient (Wildman–Crippen LogP) is 4.32.